The zero-order chi connectivity index (χ0) is 16.8. The van der Waals surface area contributed by atoms with Crippen LogP contribution in [-0.2, 0) is 11.2 Å². The van der Waals surface area contributed by atoms with Crippen molar-refractivity contribution in [2.24, 2.45) is 0 Å². The number of carbonyl (C=O) groups excluding carboxylic acids is 1. The highest BCUT2D eigenvalue weighted by Gasteiger charge is 2.09. The first-order chi connectivity index (χ1) is 11.8. The number of anilines is 1. The van der Waals surface area contributed by atoms with Crippen molar-refractivity contribution < 1.29 is 9.53 Å². The van der Waals surface area contributed by atoms with Crippen molar-refractivity contribution in [3.05, 3.63) is 72.6 Å². The normalized spacial score (nSPS) is 10.4. The summed E-state index contributed by atoms with van der Waals surface area (Å²) in [5.41, 5.74) is 3.94. The van der Waals surface area contributed by atoms with Gasteiger partial charge in [0.15, 0.2) is 0 Å². The van der Waals surface area contributed by atoms with Crippen LogP contribution in [0.3, 0.4) is 0 Å². The van der Waals surface area contributed by atoms with Gasteiger partial charge < -0.3 is 15.0 Å². The van der Waals surface area contributed by atoms with Gasteiger partial charge in [0, 0.05) is 41.7 Å². The number of amides is 1. The molecular weight excluding hydrogens is 300 g/mol. The summed E-state index contributed by atoms with van der Waals surface area (Å²) in [7, 11) is 1.63. The second-order valence-corrected chi connectivity index (χ2v) is 5.55. The summed E-state index contributed by atoms with van der Waals surface area (Å²) in [6, 6.07) is 17.7. The number of H-pyrrole nitrogens is 1. The number of aromatic amines is 1. The number of methoxy groups -OCH3 is 1. The van der Waals surface area contributed by atoms with Crippen molar-refractivity contribution in [3.8, 4) is 16.9 Å². The summed E-state index contributed by atoms with van der Waals surface area (Å²) in [4.78, 5) is 15.2. The Balaban J connectivity index is 1.65. The van der Waals surface area contributed by atoms with Crippen molar-refractivity contribution in [3.63, 3.8) is 0 Å². The number of hydrogen-bond donors (Lipinski definition) is 2. The van der Waals surface area contributed by atoms with E-state index < -0.39 is 0 Å². The second-order valence-electron chi connectivity index (χ2n) is 5.55. The van der Waals surface area contributed by atoms with E-state index >= 15 is 0 Å². The molecule has 1 heterocycles. The number of carbonyl (C=O) groups is 1. The van der Waals surface area contributed by atoms with E-state index in [2.05, 4.69) is 10.3 Å². The average molecular weight is 320 g/mol. The number of aromatic nitrogens is 1. The Morgan fingerprint density at radius 2 is 1.96 bits per heavy atom. The fourth-order valence-electron chi connectivity index (χ4n) is 2.62. The minimum absolute atomic E-state index is 0.00435. The van der Waals surface area contributed by atoms with Crippen molar-refractivity contribution >= 4 is 11.6 Å². The SMILES string of the molecule is COc1cc(NC(=O)CCc2ccccc2)ccc1-c1cc[nH]c1. The molecule has 3 rings (SSSR count). The Morgan fingerprint density at radius 1 is 1.12 bits per heavy atom. The monoisotopic (exact) mass is 320 g/mol. The standard InChI is InChI=1S/C20H20N2O2/c1-24-19-13-17(8-9-18(19)16-11-12-21-14-16)22-20(23)10-7-15-5-3-2-4-6-15/h2-6,8-9,11-14,21H,7,10H2,1H3,(H,22,23). The molecule has 0 aliphatic rings. The molecule has 1 amide bonds. The van der Waals surface area contributed by atoms with Crippen LogP contribution in [0.15, 0.2) is 67.0 Å². The predicted octanol–water partition coefficient (Wildman–Crippen LogP) is 4.26. The maximum Gasteiger partial charge on any atom is 0.224 e. The molecule has 0 fully saturated rings. The molecule has 0 aliphatic carbocycles. The van der Waals surface area contributed by atoms with Gasteiger partial charge in [-0.15, -0.1) is 0 Å². The molecular formula is C20H20N2O2. The van der Waals surface area contributed by atoms with Gasteiger partial charge in [0.05, 0.1) is 7.11 Å². The first-order valence-electron chi connectivity index (χ1n) is 7.91. The lowest BCUT2D eigenvalue weighted by atomic mass is 10.1. The number of rotatable bonds is 6. The van der Waals surface area contributed by atoms with E-state index in [0.29, 0.717) is 6.42 Å². The largest absolute Gasteiger partial charge is 0.496 e. The summed E-state index contributed by atoms with van der Waals surface area (Å²) in [6.45, 7) is 0. The van der Waals surface area contributed by atoms with E-state index in [-0.39, 0.29) is 5.91 Å². The molecule has 122 valence electrons. The van der Waals surface area contributed by atoms with E-state index in [1.54, 1.807) is 7.11 Å². The molecule has 4 nitrogen and oxygen atoms in total. The average Bonchev–Trinajstić information content (AvgIpc) is 3.15. The van der Waals surface area contributed by atoms with E-state index in [1.807, 2.05) is 67.0 Å². The molecule has 0 unspecified atom stereocenters. The van der Waals surface area contributed by atoms with Crippen LogP contribution >= 0.6 is 0 Å². The minimum Gasteiger partial charge on any atom is -0.496 e. The van der Waals surface area contributed by atoms with Crippen molar-refractivity contribution in [1.29, 1.82) is 0 Å². The van der Waals surface area contributed by atoms with Crippen LogP contribution in [0.1, 0.15) is 12.0 Å². The molecule has 2 N–H and O–H groups in total. The molecule has 3 aromatic rings. The fraction of sp³-hybridized carbons (Fsp3) is 0.150. The van der Waals surface area contributed by atoms with Crippen LogP contribution in [-0.4, -0.2) is 18.0 Å². The van der Waals surface area contributed by atoms with Crippen molar-refractivity contribution in [1.82, 2.24) is 4.98 Å². The minimum atomic E-state index is -0.00435. The molecule has 0 spiro atoms. The molecule has 0 aliphatic heterocycles. The first-order valence-corrected chi connectivity index (χ1v) is 7.91. The van der Waals surface area contributed by atoms with Crippen LogP contribution in [0.25, 0.3) is 11.1 Å². The van der Waals surface area contributed by atoms with Crippen molar-refractivity contribution in [2.75, 3.05) is 12.4 Å². The maximum atomic E-state index is 12.1. The highest BCUT2D eigenvalue weighted by atomic mass is 16.5. The van der Waals surface area contributed by atoms with E-state index in [0.717, 1.165) is 34.5 Å². The molecule has 24 heavy (non-hydrogen) atoms. The highest BCUT2D eigenvalue weighted by Crippen LogP contribution is 2.32. The number of aryl methyl sites for hydroxylation is 1. The van der Waals surface area contributed by atoms with E-state index in [9.17, 15) is 4.79 Å². The van der Waals surface area contributed by atoms with Gasteiger partial charge >= 0.3 is 0 Å². The summed E-state index contributed by atoms with van der Waals surface area (Å²) in [5.74, 6) is 0.728. The quantitative estimate of drug-likeness (QED) is 0.713. The van der Waals surface area contributed by atoms with Crippen LogP contribution in [0.4, 0.5) is 5.69 Å². The Kier molecular flexibility index (Phi) is 4.96. The van der Waals surface area contributed by atoms with E-state index in [1.165, 1.54) is 0 Å². The molecule has 0 bridgehead atoms. The van der Waals surface area contributed by atoms with Crippen LogP contribution in [0.5, 0.6) is 5.75 Å². The number of benzene rings is 2. The fourth-order valence-corrected chi connectivity index (χ4v) is 2.62. The van der Waals surface area contributed by atoms with Gasteiger partial charge in [-0.1, -0.05) is 30.3 Å². The van der Waals surface area contributed by atoms with Gasteiger partial charge in [-0.2, -0.15) is 0 Å². The molecule has 0 atom stereocenters. The van der Waals surface area contributed by atoms with Gasteiger partial charge in [0.1, 0.15) is 5.75 Å². The Bertz CT molecular complexity index is 796. The lowest BCUT2D eigenvalue weighted by Gasteiger charge is -2.11. The Morgan fingerprint density at radius 3 is 2.67 bits per heavy atom. The van der Waals surface area contributed by atoms with Gasteiger partial charge in [0.2, 0.25) is 5.91 Å². The number of hydrogen-bond acceptors (Lipinski definition) is 2. The van der Waals surface area contributed by atoms with Crippen LogP contribution in [0, 0.1) is 0 Å². The second kappa shape index (κ2) is 7.51. The van der Waals surface area contributed by atoms with Gasteiger partial charge in [-0.25, -0.2) is 0 Å². The molecule has 4 heteroatoms. The smallest absolute Gasteiger partial charge is 0.224 e. The van der Waals surface area contributed by atoms with E-state index in [4.69, 9.17) is 4.74 Å². The number of nitrogens with one attached hydrogen (secondary N) is 2. The third-order valence-corrected chi connectivity index (χ3v) is 3.88. The van der Waals surface area contributed by atoms with Crippen LogP contribution in [0.2, 0.25) is 0 Å². The van der Waals surface area contributed by atoms with Gasteiger partial charge in [0.25, 0.3) is 0 Å². The molecule has 0 radical (unpaired) electrons. The third kappa shape index (κ3) is 3.84. The van der Waals surface area contributed by atoms with Crippen LogP contribution < -0.4 is 10.1 Å². The van der Waals surface area contributed by atoms with Gasteiger partial charge in [-0.05, 0) is 30.2 Å². The lowest BCUT2D eigenvalue weighted by molar-refractivity contribution is -0.116. The zero-order valence-electron chi connectivity index (χ0n) is 13.6. The lowest BCUT2D eigenvalue weighted by Crippen LogP contribution is -2.12. The predicted molar refractivity (Wildman–Crippen MR) is 96.2 cm³/mol. The maximum absolute atomic E-state index is 12.1. The topological polar surface area (TPSA) is 54.1 Å². The summed E-state index contributed by atoms with van der Waals surface area (Å²) in [6.07, 6.45) is 4.96. The summed E-state index contributed by atoms with van der Waals surface area (Å²) >= 11 is 0. The zero-order valence-corrected chi connectivity index (χ0v) is 13.6. The molecule has 0 saturated carbocycles. The summed E-state index contributed by atoms with van der Waals surface area (Å²) < 4.78 is 5.46. The summed E-state index contributed by atoms with van der Waals surface area (Å²) in [5, 5.41) is 2.93. The first kappa shape index (κ1) is 15.9. The van der Waals surface area contributed by atoms with Crippen molar-refractivity contribution in [2.45, 2.75) is 12.8 Å². The third-order valence-electron chi connectivity index (χ3n) is 3.88. The number of ether oxygens (including phenoxy) is 1. The Labute approximate surface area is 141 Å². The van der Waals surface area contributed by atoms with Gasteiger partial charge in [-0.3, -0.25) is 4.79 Å². The highest BCUT2D eigenvalue weighted by molar-refractivity contribution is 5.91. The Hall–Kier alpha value is -3.01. The molecule has 2 aromatic carbocycles. The molecule has 0 saturated heterocycles. The molecule has 1 aromatic heterocycles.